The molecule has 0 saturated heterocycles. The number of pyridine rings is 1. The molecular weight excluding hydrogens is 338 g/mol. The van der Waals surface area contributed by atoms with Crippen LogP contribution in [0, 0.1) is 0 Å². The van der Waals surface area contributed by atoms with Gasteiger partial charge in [0.15, 0.2) is 0 Å². The fraction of sp³-hybridized carbons (Fsp3) is 0.0909. The first-order valence-corrected chi connectivity index (χ1v) is 8.68. The number of rotatable bonds is 6. The fourth-order valence-corrected chi connectivity index (χ4v) is 2.82. The highest BCUT2D eigenvalue weighted by Crippen LogP contribution is 2.20. The first-order chi connectivity index (χ1) is 13.3. The Bertz CT molecular complexity index is 1030. The maximum Gasteiger partial charge on any atom is 0.266 e. The molecule has 4 aromatic rings. The third-order valence-corrected chi connectivity index (χ3v) is 4.16. The van der Waals surface area contributed by atoms with E-state index >= 15 is 0 Å². The largest absolute Gasteiger partial charge is 0.419 e. The van der Waals surface area contributed by atoms with Crippen LogP contribution in [0.1, 0.15) is 11.5 Å². The minimum Gasteiger partial charge on any atom is -0.419 e. The number of ketones is 1. The van der Waals surface area contributed by atoms with E-state index in [1.165, 1.54) is 0 Å². The second-order valence-electron chi connectivity index (χ2n) is 6.17. The van der Waals surface area contributed by atoms with Crippen molar-refractivity contribution in [3.8, 4) is 22.7 Å². The van der Waals surface area contributed by atoms with Crippen LogP contribution in [-0.4, -0.2) is 21.0 Å². The molecule has 0 atom stereocenters. The molecule has 0 unspecified atom stereocenters. The summed E-state index contributed by atoms with van der Waals surface area (Å²) in [5, 5.41) is 7.91. The predicted molar refractivity (Wildman–Crippen MR) is 102 cm³/mol. The van der Waals surface area contributed by atoms with E-state index < -0.39 is 0 Å². The van der Waals surface area contributed by atoms with Gasteiger partial charge in [-0.3, -0.25) is 9.78 Å². The van der Waals surface area contributed by atoms with E-state index in [-0.39, 0.29) is 12.2 Å². The molecule has 0 N–H and O–H groups in total. The van der Waals surface area contributed by atoms with E-state index in [0.29, 0.717) is 23.9 Å². The lowest BCUT2D eigenvalue weighted by atomic mass is 10.0. The average molecular weight is 355 g/mol. The minimum atomic E-state index is 0.0266. The van der Waals surface area contributed by atoms with E-state index in [2.05, 4.69) is 27.3 Å². The molecule has 0 aliphatic carbocycles. The van der Waals surface area contributed by atoms with Crippen LogP contribution in [0.2, 0.25) is 0 Å². The summed E-state index contributed by atoms with van der Waals surface area (Å²) in [6, 6.07) is 23.6. The van der Waals surface area contributed by atoms with Crippen molar-refractivity contribution in [2.24, 2.45) is 0 Å². The normalized spacial score (nSPS) is 10.7. The molecule has 27 heavy (non-hydrogen) atoms. The zero-order chi connectivity index (χ0) is 18.5. The highest BCUT2D eigenvalue weighted by atomic mass is 16.4. The topological polar surface area (TPSA) is 68.9 Å². The molecule has 2 aromatic heterocycles. The third kappa shape index (κ3) is 4.15. The highest BCUT2D eigenvalue weighted by molar-refractivity contribution is 5.82. The predicted octanol–water partition coefficient (Wildman–Crippen LogP) is 4.15. The highest BCUT2D eigenvalue weighted by Gasteiger charge is 2.13. The summed E-state index contributed by atoms with van der Waals surface area (Å²) in [5.74, 6) is 0.658. The molecule has 0 amide bonds. The lowest BCUT2D eigenvalue weighted by molar-refractivity contribution is -0.118. The number of nitrogens with zero attached hydrogens (tertiary/aromatic N) is 3. The number of Topliss-reactive ketones (excluding diaryl/α,β-unsaturated/α-hetero) is 1. The molecule has 0 aliphatic heterocycles. The van der Waals surface area contributed by atoms with Gasteiger partial charge in [0.05, 0.1) is 6.42 Å². The van der Waals surface area contributed by atoms with E-state index in [9.17, 15) is 4.79 Å². The van der Waals surface area contributed by atoms with E-state index in [4.69, 9.17) is 4.42 Å². The SMILES string of the molecule is O=C(Cc1ccc(-c2ccccc2)cc1)Cc1nnc(-c2ccccn2)o1. The summed E-state index contributed by atoms with van der Waals surface area (Å²) in [6.07, 6.45) is 2.10. The summed E-state index contributed by atoms with van der Waals surface area (Å²) in [4.78, 5) is 16.5. The lowest BCUT2D eigenvalue weighted by Crippen LogP contribution is -2.06. The quantitative estimate of drug-likeness (QED) is 0.520. The van der Waals surface area contributed by atoms with Crippen molar-refractivity contribution < 1.29 is 9.21 Å². The Hall–Kier alpha value is -3.60. The molecular formula is C22H17N3O2. The van der Waals surface area contributed by atoms with Crippen molar-refractivity contribution >= 4 is 5.78 Å². The maximum absolute atomic E-state index is 12.3. The monoisotopic (exact) mass is 355 g/mol. The number of aromatic nitrogens is 3. The smallest absolute Gasteiger partial charge is 0.266 e. The molecule has 0 bridgehead atoms. The van der Waals surface area contributed by atoms with Crippen molar-refractivity contribution in [2.45, 2.75) is 12.8 Å². The minimum absolute atomic E-state index is 0.0266. The van der Waals surface area contributed by atoms with Crippen LogP contribution in [-0.2, 0) is 17.6 Å². The summed E-state index contributed by atoms with van der Waals surface area (Å²) >= 11 is 0. The van der Waals surface area contributed by atoms with Crippen LogP contribution < -0.4 is 0 Å². The van der Waals surface area contributed by atoms with Gasteiger partial charge in [0.25, 0.3) is 5.89 Å². The zero-order valence-electron chi connectivity index (χ0n) is 14.6. The van der Waals surface area contributed by atoms with Crippen molar-refractivity contribution in [3.05, 3.63) is 90.4 Å². The second-order valence-corrected chi connectivity index (χ2v) is 6.17. The van der Waals surface area contributed by atoms with Crippen LogP contribution in [0.25, 0.3) is 22.7 Å². The molecule has 0 aliphatic rings. The van der Waals surface area contributed by atoms with Crippen molar-refractivity contribution in [1.29, 1.82) is 0 Å². The molecule has 5 heteroatoms. The van der Waals surface area contributed by atoms with Crippen LogP contribution in [0.3, 0.4) is 0 Å². The number of benzene rings is 2. The molecule has 5 nitrogen and oxygen atoms in total. The van der Waals surface area contributed by atoms with Crippen LogP contribution in [0.4, 0.5) is 0 Å². The van der Waals surface area contributed by atoms with Crippen LogP contribution in [0.5, 0.6) is 0 Å². The van der Waals surface area contributed by atoms with Crippen LogP contribution >= 0.6 is 0 Å². The van der Waals surface area contributed by atoms with Crippen molar-refractivity contribution in [3.63, 3.8) is 0 Å². The molecule has 2 heterocycles. The van der Waals surface area contributed by atoms with Gasteiger partial charge < -0.3 is 4.42 Å². The van der Waals surface area contributed by atoms with Gasteiger partial charge in [-0.1, -0.05) is 60.7 Å². The lowest BCUT2D eigenvalue weighted by Gasteiger charge is -2.04. The van der Waals surface area contributed by atoms with Gasteiger partial charge in [-0.2, -0.15) is 0 Å². The Morgan fingerprint density at radius 3 is 2.26 bits per heavy atom. The number of hydrogen-bond donors (Lipinski definition) is 0. The Balaban J connectivity index is 1.39. The van der Waals surface area contributed by atoms with E-state index in [1.807, 2.05) is 54.6 Å². The van der Waals surface area contributed by atoms with Gasteiger partial charge in [-0.15, -0.1) is 10.2 Å². The van der Waals surface area contributed by atoms with Crippen LogP contribution in [0.15, 0.2) is 83.4 Å². The molecule has 0 saturated carbocycles. The van der Waals surface area contributed by atoms with Gasteiger partial charge in [-0.05, 0) is 28.8 Å². The summed E-state index contributed by atoms with van der Waals surface area (Å²) < 4.78 is 5.55. The Morgan fingerprint density at radius 1 is 0.778 bits per heavy atom. The molecule has 0 radical (unpaired) electrons. The Kier molecular flexibility index (Phi) is 4.83. The van der Waals surface area contributed by atoms with E-state index in [1.54, 1.807) is 12.3 Å². The maximum atomic E-state index is 12.3. The fourth-order valence-electron chi connectivity index (χ4n) is 2.82. The second kappa shape index (κ2) is 7.74. The van der Waals surface area contributed by atoms with Gasteiger partial charge in [0.1, 0.15) is 11.5 Å². The number of carbonyl (C=O) groups is 1. The molecule has 132 valence electrons. The van der Waals surface area contributed by atoms with Crippen molar-refractivity contribution in [1.82, 2.24) is 15.2 Å². The van der Waals surface area contributed by atoms with Gasteiger partial charge >= 0.3 is 0 Å². The molecule has 0 spiro atoms. The van der Waals surface area contributed by atoms with Crippen molar-refractivity contribution in [2.75, 3.05) is 0 Å². The number of carbonyl (C=O) groups excluding carboxylic acids is 1. The summed E-state index contributed by atoms with van der Waals surface area (Å²) in [6.45, 7) is 0. The van der Waals surface area contributed by atoms with Gasteiger partial charge in [0.2, 0.25) is 5.89 Å². The average Bonchev–Trinajstić information content (AvgIpc) is 3.18. The Morgan fingerprint density at radius 2 is 1.52 bits per heavy atom. The standard InChI is InChI=1S/C22H17N3O2/c26-19(15-21-24-25-22(27-21)20-8-4-5-13-23-20)14-16-9-11-18(12-10-16)17-6-2-1-3-7-17/h1-13H,14-15H2. The Labute approximate surface area is 156 Å². The number of hydrogen-bond acceptors (Lipinski definition) is 5. The molecule has 4 rings (SSSR count). The van der Waals surface area contributed by atoms with E-state index in [0.717, 1.165) is 16.7 Å². The summed E-state index contributed by atoms with van der Waals surface area (Å²) in [7, 11) is 0. The summed E-state index contributed by atoms with van der Waals surface area (Å²) in [5.41, 5.74) is 3.84. The first kappa shape index (κ1) is 16.8. The third-order valence-electron chi connectivity index (χ3n) is 4.16. The van der Waals surface area contributed by atoms with Gasteiger partial charge in [-0.25, -0.2) is 0 Å². The zero-order valence-corrected chi connectivity index (χ0v) is 14.6. The molecule has 0 fully saturated rings. The first-order valence-electron chi connectivity index (χ1n) is 8.68. The molecule has 2 aromatic carbocycles. The van der Waals surface area contributed by atoms with Gasteiger partial charge in [0, 0.05) is 12.6 Å².